The summed E-state index contributed by atoms with van der Waals surface area (Å²) in [7, 11) is 0. The molecule has 1 rings (SSSR count). The summed E-state index contributed by atoms with van der Waals surface area (Å²) < 4.78 is 0. The summed E-state index contributed by atoms with van der Waals surface area (Å²) in [5.74, 6) is -0.847. The molecule has 1 unspecified atom stereocenters. The molecule has 0 saturated carbocycles. The molecule has 2 N–H and O–H groups in total. The summed E-state index contributed by atoms with van der Waals surface area (Å²) in [6.45, 7) is 0.916. The van der Waals surface area contributed by atoms with Crippen molar-refractivity contribution in [3.63, 3.8) is 0 Å². The van der Waals surface area contributed by atoms with Gasteiger partial charge in [0.2, 0.25) is 0 Å². The van der Waals surface area contributed by atoms with Crippen molar-refractivity contribution in [3.05, 3.63) is 46.3 Å². The summed E-state index contributed by atoms with van der Waals surface area (Å²) in [6.07, 6.45) is 1.90. The normalized spacial score (nSPS) is 11.6. The number of aryl methyl sites for hydroxylation is 1. The number of carbonyl (C=O) groups is 1. The second-order valence-electron chi connectivity index (χ2n) is 4.18. The molecule has 1 atom stereocenters. The van der Waals surface area contributed by atoms with E-state index in [1.54, 1.807) is 0 Å². The minimum Gasteiger partial charge on any atom is -0.480 e. The number of nitrogens with one attached hydrogen (secondary N) is 1. The van der Waals surface area contributed by atoms with Crippen molar-refractivity contribution in [2.45, 2.75) is 25.3 Å². The summed E-state index contributed by atoms with van der Waals surface area (Å²) in [6, 6.07) is 9.23. The first kappa shape index (κ1) is 15.0. The zero-order chi connectivity index (χ0) is 13.9. The van der Waals surface area contributed by atoms with Crippen LogP contribution in [0.15, 0.2) is 35.4 Å². The highest BCUT2D eigenvalue weighted by Crippen LogP contribution is 2.05. The molecule has 0 spiro atoms. The van der Waals surface area contributed by atoms with Gasteiger partial charge in [-0.3, -0.25) is 4.79 Å². The van der Waals surface area contributed by atoms with Gasteiger partial charge in [-0.2, -0.15) is 0 Å². The predicted octanol–water partition coefficient (Wildman–Crippen LogP) is 2.36. The number of nitrogens with zero attached hydrogens (tertiary/aromatic N) is 3. The zero-order valence-electron chi connectivity index (χ0n) is 10.7. The van der Waals surface area contributed by atoms with Crippen LogP contribution in [-0.4, -0.2) is 30.2 Å². The molecule has 6 heteroatoms. The van der Waals surface area contributed by atoms with Crippen molar-refractivity contribution >= 4 is 5.97 Å². The summed E-state index contributed by atoms with van der Waals surface area (Å²) in [5.41, 5.74) is 9.25. The van der Waals surface area contributed by atoms with E-state index in [1.165, 1.54) is 0 Å². The lowest BCUT2D eigenvalue weighted by atomic mass is 10.1. The standard InChI is InChI=1S/C13H18N4O2/c14-17-16-10-4-9-15-12(13(18)19)8-7-11-5-2-1-3-6-11/h1-3,5-6,12,15H,4,7-10H2,(H,18,19). The van der Waals surface area contributed by atoms with Gasteiger partial charge >= 0.3 is 5.97 Å². The Bertz CT molecular complexity index is 430. The highest BCUT2D eigenvalue weighted by molar-refractivity contribution is 5.73. The average Bonchev–Trinajstić information content (AvgIpc) is 2.42. The van der Waals surface area contributed by atoms with Crippen LogP contribution in [0.3, 0.4) is 0 Å². The van der Waals surface area contributed by atoms with Crippen molar-refractivity contribution in [3.8, 4) is 0 Å². The number of carboxylic acids is 1. The van der Waals surface area contributed by atoms with Crippen LogP contribution in [0, 0.1) is 0 Å². The molecule has 0 aliphatic rings. The number of carboxylic acid groups (broad SMARTS) is 1. The number of hydrogen-bond acceptors (Lipinski definition) is 3. The minimum absolute atomic E-state index is 0.383. The largest absolute Gasteiger partial charge is 0.480 e. The fraction of sp³-hybridized carbons (Fsp3) is 0.462. The van der Waals surface area contributed by atoms with Crippen LogP contribution in [0.25, 0.3) is 10.4 Å². The zero-order valence-corrected chi connectivity index (χ0v) is 10.7. The van der Waals surface area contributed by atoms with Gasteiger partial charge in [0.25, 0.3) is 0 Å². The monoisotopic (exact) mass is 262 g/mol. The van der Waals surface area contributed by atoms with Crippen LogP contribution in [0.5, 0.6) is 0 Å². The SMILES string of the molecule is [N-]=[N+]=NCCCNC(CCc1ccccc1)C(=O)O. The quantitative estimate of drug-likeness (QED) is 0.309. The summed E-state index contributed by atoms with van der Waals surface area (Å²) >= 11 is 0. The van der Waals surface area contributed by atoms with E-state index in [0.717, 1.165) is 12.0 Å². The molecular formula is C13H18N4O2. The molecule has 0 aliphatic carbocycles. The van der Waals surface area contributed by atoms with E-state index < -0.39 is 12.0 Å². The predicted molar refractivity (Wildman–Crippen MR) is 72.8 cm³/mol. The number of benzene rings is 1. The Morgan fingerprint density at radius 1 is 1.42 bits per heavy atom. The number of azide groups is 1. The van der Waals surface area contributed by atoms with Crippen LogP contribution < -0.4 is 5.32 Å². The maximum Gasteiger partial charge on any atom is 0.320 e. The topological polar surface area (TPSA) is 98.1 Å². The maximum atomic E-state index is 11.1. The molecule has 19 heavy (non-hydrogen) atoms. The molecule has 0 amide bonds. The van der Waals surface area contributed by atoms with Gasteiger partial charge in [0.1, 0.15) is 6.04 Å². The average molecular weight is 262 g/mol. The third kappa shape index (κ3) is 6.45. The van der Waals surface area contributed by atoms with E-state index in [2.05, 4.69) is 15.3 Å². The number of rotatable bonds is 9. The fourth-order valence-corrected chi connectivity index (χ4v) is 1.74. The highest BCUT2D eigenvalue weighted by Gasteiger charge is 2.15. The third-order valence-electron chi connectivity index (χ3n) is 2.75. The molecule has 1 aromatic carbocycles. The first-order valence-electron chi connectivity index (χ1n) is 6.25. The molecule has 0 bridgehead atoms. The van der Waals surface area contributed by atoms with E-state index in [-0.39, 0.29) is 0 Å². The van der Waals surface area contributed by atoms with Crippen LogP contribution >= 0.6 is 0 Å². The van der Waals surface area contributed by atoms with Gasteiger partial charge in [0.15, 0.2) is 0 Å². The first-order valence-corrected chi connectivity index (χ1v) is 6.25. The van der Waals surface area contributed by atoms with Gasteiger partial charge in [0.05, 0.1) is 0 Å². The lowest BCUT2D eigenvalue weighted by Crippen LogP contribution is -2.37. The van der Waals surface area contributed by atoms with Crippen molar-refractivity contribution < 1.29 is 9.90 Å². The minimum atomic E-state index is -0.847. The van der Waals surface area contributed by atoms with Gasteiger partial charge in [-0.25, -0.2) is 0 Å². The van der Waals surface area contributed by atoms with Gasteiger partial charge in [0, 0.05) is 11.5 Å². The number of aliphatic carboxylic acids is 1. The number of hydrogen-bond donors (Lipinski definition) is 2. The smallest absolute Gasteiger partial charge is 0.320 e. The highest BCUT2D eigenvalue weighted by atomic mass is 16.4. The van der Waals surface area contributed by atoms with Crippen LogP contribution in [-0.2, 0) is 11.2 Å². The molecular weight excluding hydrogens is 244 g/mol. The van der Waals surface area contributed by atoms with Gasteiger partial charge in [-0.15, -0.1) is 0 Å². The van der Waals surface area contributed by atoms with Gasteiger partial charge < -0.3 is 10.4 Å². The summed E-state index contributed by atoms with van der Waals surface area (Å²) in [5, 5.41) is 15.5. The Balaban J connectivity index is 2.32. The molecule has 1 aromatic rings. The second-order valence-corrected chi connectivity index (χ2v) is 4.18. The van der Waals surface area contributed by atoms with Crippen molar-refractivity contribution in [1.29, 1.82) is 0 Å². The molecule has 0 heterocycles. The maximum absolute atomic E-state index is 11.1. The summed E-state index contributed by atoms with van der Waals surface area (Å²) in [4.78, 5) is 13.7. The van der Waals surface area contributed by atoms with Crippen LogP contribution in [0.1, 0.15) is 18.4 Å². The third-order valence-corrected chi connectivity index (χ3v) is 2.75. The lowest BCUT2D eigenvalue weighted by molar-refractivity contribution is -0.139. The van der Waals surface area contributed by atoms with Gasteiger partial charge in [-0.05, 0) is 36.9 Å². The van der Waals surface area contributed by atoms with Crippen LogP contribution in [0.4, 0.5) is 0 Å². The Hall–Kier alpha value is -2.04. The Morgan fingerprint density at radius 2 is 2.16 bits per heavy atom. The van der Waals surface area contributed by atoms with E-state index in [0.29, 0.717) is 25.9 Å². The lowest BCUT2D eigenvalue weighted by Gasteiger charge is -2.14. The molecule has 0 aliphatic heterocycles. The Labute approximate surface area is 112 Å². The fourth-order valence-electron chi connectivity index (χ4n) is 1.74. The molecule has 6 nitrogen and oxygen atoms in total. The van der Waals surface area contributed by atoms with Gasteiger partial charge in [-0.1, -0.05) is 35.4 Å². The van der Waals surface area contributed by atoms with Crippen molar-refractivity contribution in [2.24, 2.45) is 5.11 Å². The van der Waals surface area contributed by atoms with E-state index in [4.69, 9.17) is 10.6 Å². The van der Waals surface area contributed by atoms with Crippen LogP contribution in [0.2, 0.25) is 0 Å². The van der Waals surface area contributed by atoms with E-state index >= 15 is 0 Å². The molecule has 0 fully saturated rings. The molecule has 0 radical (unpaired) electrons. The molecule has 102 valence electrons. The first-order chi connectivity index (χ1) is 9.24. The Morgan fingerprint density at radius 3 is 2.79 bits per heavy atom. The van der Waals surface area contributed by atoms with Crippen molar-refractivity contribution in [1.82, 2.24) is 5.32 Å². The molecule has 0 saturated heterocycles. The Kier molecular flexibility index (Phi) is 7.09. The van der Waals surface area contributed by atoms with E-state index in [1.807, 2.05) is 30.3 Å². The second kappa shape index (κ2) is 8.97. The molecule has 0 aromatic heterocycles. The van der Waals surface area contributed by atoms with E-state index in [9.17, 15) is 4.79 Å². The van der Waals surface area contributed by atoms with Crippen molar-refractivity contribution in [2.75, 3.05) is 13.1 Å².